The Bertz CT molecular complexity index is 328. The van der Waals surface area contributed by atoms with Gasteiger partial charge in [0.05, 0.1) is 5.69 Å². The van der Waals surface area contributed by atoms with Gasteiger partial charge in [0.25, 0.3) is 0 Å². The summed E-state index contributed by atoms with van der Waals surface area (Å²) in [5.74, 6) is 0.324. The van der Waals surface area contributed by atoms with Gasteiger partial charge >= 0.3 is 0 Å². The third kappa shape index (κ3) is 3.22. The molecule has 0 radical (unpaired) electrons. The van der Waals surface area contributed by atoms with Gasteiger partial charge in [-0.2, -0.15) is 0 Å². The second-order valence-electron chi connectivity index (χ2n) is 2.88. The average Bonchev–Trinajstić information content (AvgIpc) is 2.19. The van der Waals surface area contributed by atoms with E-state index in [-0.39, 0.29) is 0 Å². The quantitative estimate of drug-likeness (QED) is 0.333. The third-order valence-electron chi connectivity index (χ3n) is 1.52. The number of nitrogens with zero attached hydrogens (tertiary/aromatic N) is 4. The zero-order valence-corrected chi connectivity index (χ0v) is 8.25. The van der Waals surface area contributed by atoms with Crippen LogP contribution in [0.15, 0.2) is 45.8 Å². The van der Waals surface area contributed by atoms with Crippen LogP contribution in [0.25, 0.3) is 0 Å². The highest BCUT2D eigenvalue weighted by atomic mass is 15.4. The fraction of sp³-hybridized carbons (Fsp3) is 0.222. The van der Waals surface area contributed by atoms with Crippen molar-refractivity contribution in [2.24, 2.45) is 21.2 Å². The summed E-state index contributed by atoms with van der Waals surface area (Å²) in [5, 5.41) is 11.2. The van der Waals surface area contributed by atoms with Gasteiger partial charge in [-0.05, 0) is 17.4 Å². The van der Waals surface area contributed by atoms with Gasteiger partial charge in [0, 0.05) is 14.1 Å². The van der Waals surface area contributed by atoms with Crippen molar-refractivity contribution < 1.29 is 0 Å². The Kier molecular flexibility index (Phi) is 3.60. The Labute approximate surface area is 82.9 Å². The van der Waals surface area contributed by atoms with Gasteiger partial charge in [0.15, 0.2) is 0 Å². The van der Waals surface area contributed by atoms with E-state index in [0.717, 1.165) is 5.69 Å². The average molecular weight is 191 g/mol. The Morgan fingerprint density at radius 1 is 1.21 bits per heavy atom. The summed E-state index contributed by atoms with van der Waals surface area (Å²) < 4.78 is 0. The van der Waals surface area contributed by atoms with E-state index in [1.165, 1.54) is 0 Å². The fourth-order valence-electron chi connectivity index (χ4n) is 0.704. The molecule has 0 aliphatic rings. The highest BCUT2D eigenvalue weighted by molar-refractivity contribution is 5.77. The molecule has 1 aromatic carbocycles. The van der Waals surface area contributed by atoms with Crippen LogP contribution in [-0.2, 0) is 0 Å². The van der Waals surface area contributed by atoms with E-state index in [2.05, 4.69) is 15.4 Å². The number of hydrogen-bond acceptors (Lipinski definition) is 2. The number of rotatable bonds is 2. The smallest absolute Gasteiger partial charge is 0.217 e. The molecule has 0 bridgehead atoms. The summed E-state index contributed by atoms with van der Waals surface area (Å²) in [6.07, 6.45) is 0. The molecule has 0 spiro atoms. The molecular formula is C9H13N5. The zero-order chi connectivity index (χ0) is 10.4. The lowest BCUT2D eigenvalue weighted by atomic mass is 10.3. The summed E-state index contributed by atoms with van der Waals surface area (Å²) in [6.45, 7) is 0. The minimum Gasteiger partial charge on any atom is -0.368 e. The van der Waals surface area contributed by atoms with Crippen LogP contribution in [0.5, 0.6) is 0 Å². The highest BCUT2D eigenvalue weighted by Gasteiger charge is 1.91. The summed E-state index contributed by atoms with van der Waals surface area (Å²) in [6, 6.07) is 9.35. The topological polar surface area (TPSA) is 66.3 Å². The van der Waals surface area contributed by atoms with E-state index >= 15 is 0 Å². The maximum Gasteiger partial charge on any atom is 0.217 e. The van der Waals surface area contributed by atoms with Crippen LogP contribution in [0, 0.1) is 0 Å². The molecule has 2 N–H and O–H groups in total. The Hall–Kier alpha value is -1.91. The van der Waals surface area contributed by atoms with Crippen molar-refractivity contribution in [2.75, 3.05) is 14.1 Å². The van der Waals surface area contributed by atoms with Crippen molar-refractivity contribution >= 4 is 11.6 Å². The van der Waals surface area contributed by atoms with Crippen molar-refractivity contribution in [3.63, 3.8) is 0 Å². The normalized spacial score (nSPS) is 12.0. The summed E-state index contributed by atoms with van der Waals surface area (Å²) in [5.41, 5.74) is 6.26. The first-order valence-electron chi connectivity index (χ1n) is 4.16. The van der Waals surface area contributed by atoms with Crippen molar-refractivity contribution in [3.05, 3.63) is 30.3 Å². The molecule has 0 saturated carbocycles. The summed E-state index contributed by atoms with van der Waals surface area (Å²) in [4.78, 5) is 1.66. The first kappa shape index (κ1) is 10.2. The molecular weight excluding hydrogens is 178 g/mol. The molecule has 14 heavy (non-hydrogen) atoms. The first-order chi connectivity index (χ1) is 6.70. The van der Waals surface area contributed by atoms with E-state index < -0.39 is 0 Å². The maximum atomic E-state index is 5.50. The van der Waals surface area contributed by atoms with Crippen LogP contribution in [0.2, 0.25) is 0 Å². The van der Waals surface area contributed by atoms with E-state index in [1.54, 1.807) is 19.0 Å². The molecule has 1 aromatic rings. The Morgan fingerprint density at radius 2 is 1.86 bits per heavy atom. The predicted molar refractivity (Wildman–Crippen MR) is 56.3 cm³/mol. The predicted octanol–water partition coefficient (Wildman–Crippen LogP) is 1.56. The monoisotopic (exact) mass is 191 g/mol. The Morgan fingerprint density at radius 3 is 2.43 bits per heavy atom. The van der Waals surface area contributed by atoms with Gasteiger partial charge in [-0.15, -0.1) is 5.11 Å². The lowest BCUT2D eigenvalue weighted by Crippen LogP contribution is -2.29. The molecule has 0 amide bonds. The van der Waals surface area contributed by atoms with Crippen molar-refractivity contribution in [3.8, 4) is 0 Å². The molecule has 0 aromatic heterocycles. The molecule has 0 aliphatic carbocycles. The molecule has 74 valence electrons. The van der Waals surface area contributed by atoms with Crippen LogP contribution < -0.4 is 5.73 Å². The van der Waals surface area contributed by atoms with Gasteiger partial charge in [-0.3, -0.25) is 0 Å². The standard InChI is InChI=1S/C9H13N5/c1-14(2)9(10)12-13-11-8-6-4-3-5-7-8/h3-7H,1-2H3,(H2,10,11,12). The minimum absolute atomic E-state index is 0.324. The molecule has 5 heteroatoms. The van der Waals surface area contributed by atoms with Crippen molar-refractivity contribution in [2.45, 2.75) is 0 Å². The third-order valence-corrected chi connectivity index (χ3v) is 1.52. The van der Waals surface area contributed by atoms with Crippen LogP contribution in [0.4, 0.5) is 5.69 Å². The van der Waals surface area contributed by atoms with E-state index in [4.69, 9.17) is 5.73 Å². The van der Waals surface area contributed by atoms with Gasteiger partial charge in [-0.1, -0.05) is 23.3 Å². The molecule has 1 rings (SSSR count). The second kappa shape index (κ2) is 4.96. The summed E-state index contributed by atoms with van der Waals surface area (Å²) >= 11 is 0. The van der Waals surface area contributed by atoms with Gasteiger partial charge < -0.3 is 10.6 Å². The van der Waals surface area contributed by atoms with Crippen molar-refractivity contribution in [1.29, 1.82) is 0 Å². The fourth-order valence-corrected chi connectivity index (χ4v) is 0.704. The van der Waals surface area contributed by atoms with E-state index in [0.29, 0.717) is 5.96 Å². The van der Waals surface area contributed by atoms with E-state index in [9.17, 15) is 0 Å². The molecule has 0 atom stereocenters. The van der Waals surface area contributed by atoms with Crippen LogP contribution in [0.3, 0.4) is 0 Å². The largest absolute Gasteiger partial charge is 0.368 e. The minimum atomic E-state index is 0.324. The van der Waals surface area contributed by atoms with Crippen LogP contribution in [0.1, 0.15) is 0 Å². The number of guanidine groups is 1. The molecule has 0 unspecified atom stereocenters. The van der Waals surface area contributed by atoms with Gasteiger partial charge in [-0.25, -0.2) is 0 Å². The van der Waals surface area contributed by atoms with E-state index in [1.807, 2.05) is 30.3 Å². The number of nitrogens with two attached hydrogens (primary N) is 1. The SMILES string of the molecule is CN(C)/C(N)=N/N=Nc1ccccc1. The second-order valence-corrected chi connectivity index (χ2v) is 2.88. The van der Waals surface area contributed by atoms with Crippen LogP contribution in [-0.4, -0.2) is 25.0 Å². The van der Waals surface area contributed by atoms with Gasteiger partial charge in [0.1, 0.15) is 0 Å². The first-order valence-corrected chi connectivity index (χ1v) is 4.16. The Balaban J connectivity index is 2.62. The van der Waals surface area contributed by atoms with Crippen LogP contribution >= 0.6 is 0 Å². The van der Waals surface area contributed by atoms with Crippen molar-refractivity contribution in [1.82, 2.24) is 4.90 Å². The molecule has 5 nitrogen and oxygen atoms in total. The van der Waals surface area contributed by atoms with Gasteiger partial charge in [0.2, 0.25) is 5.96 Å². The molecule has 0 heterocycles. The lowest BCUT2D eigenvalue weighted by Gasteiger charge is -2.07. The number of benzene rings is 1. The number of hydrogen-bond donors (Lipinski definition) is 1. The zero-order valence-electron chi connectivity index (χ0n) is 8.25. The molecule has 0 fully saturated rings. The maximum absolute atomic E-state index is 5.50. The lowest BCUT2D eigenvalue weighted by molar-refractivity contribution is 0.609. The highest BCUT2D eigenvalue weighted by Crippen LogP contribution is 2.09. The molecule has 0 saturated heterocycles. The molecule has 0 aliphatic heterocycles. The summed E-state index contributed by atoms with van der Waals surface area (Å²) in [7, 11) is 3.58.